The Hall–Kier alpha value is -2.51. The summed E-state index contributed by atoms with van der Waals surface area (Å²) in [7, 11) is 0. The van der Waals surface area contributed by atoms with E-state index in [4.69, 9.17) is 0 Å². The molecule has 2 heterocycles. The van der Waals surface area contributed by atoms with Gasteiger partial charge in [0.15, 0.2) is 0 Å². The van der Waals surface area contributed by atoms with E-state index in [0.717, 1.165) is 25.0 Å². The van der Waals surface area contributed by atoms with E-state index in [9.17, 15) is 18.0 Å². The summed E-state index contributed by atoms with van der Waals surface area (Å²) >= 11 is 0. The molecule has 1 aliphatic carbocycles. The van der Waals surface area contributed by atoms with Crippen LogP contribution in [0.3, 0.4) is 0 Å². The number of aromatic amines is 1. The van der Waals surface area contributed by atoms with Gasteiger partial charge in [-0.05, 0) is 25.0 Å². The number of amides is 1. The summed E-state index contributed by atoms with van der Waals surface area (Å²) in [6, 6.07) is 5.18. The third-order valence-electron chi connectivity index (χ3n) is 4.88. The third kappa shape index (κ3) is 3.40. The van der Waals surface area contributed by atoms with Crippen LogP contribution in [0.15, 0.2) is 30.5 Å². The van der Waals surface area contributed by atoms with Crippen molar-refractivity contribution in [3.63, 3.8) is 0 Å². The number of nitrogens with zero attached hydrogens (tertiary/aromatic N) is 3. The Labute approximate surface area is 148 Å². The number of aromatic nitrogens is 2. The number of nitrogens with one attached hydrogen (secondary N) is 1. The van der Waals surface area contributed by atoms with Gasteiger partial charge in [0.25, 0.3) is 0 Å². The molecule has 138 valence electrons. The molecular formula is C18H19F3N4O. The summed E-state index contributed by atoms with van der Waals surface area (Å²) in [4.78, 5) is 23.4. The van der Waals surface area contributed by atoms with Gasteiger partial charge in [0, 0.05) is 37.7 Å². The highest BCUT2D eigenvalue weighted by Gasteiger charge is 2.35. The molecule has 1 saturated carbocycles. The second-order valence-electron chi connectivity index (χ2n) is 6.79. The standard InChI is InChI=1S/C18H19F3N4O/c19-18(20,21)14-3-1-2-13(10-14)15-11-22-17(23-15)25-8-6-24(7-9-25)16(26)12-4-5-12/h1-3,10-12H,4-9H2,(H,22,23). The van der Waals surface area contributed by atoms with Gasteiger partial charge in [-0.3, -0.25) is 4.79 Å². The zero-order chi connectivity index (χ0) is 18.3. The Morgan fingerprint density at radius 2 is 1.88 bits per heavy atom. The Bertz CT molecular complexity index is 805. The quantitative estimate of drug-likeness (QED) is 0.910. The molecule has 4 rings (SSSR count). The van der Waals surface area contributed by atoms with Crippen LogP contribution in [-0.2, 0) is 11.0 Å². The van der Waals surface area contributed by atoms with Gasteiger partial charge in [-0.2, -0.15) is 13.2 Å². The van der Waals surface area contributed by atoms with Gasteiger partial charge in [-0.25, -0.2) is 4.98 Å². The molecular weight excluding hydrogens is 345 g/mol. The molecule has 0 spiro atoms. The fourth-order valence-corrected chi connectivity index (χ4v) is 3.21. The van der Waals surface area contributed by atoms with Crippen molar-refractivity contribution in [3.8, 4) is 11.3 Å². The third-order valence-corrected chi connectivity index (χ3v) is 4.88. The van der Waals surface area contributed by atoms with E-state index in [1.807, 2.05) is 9.80 Å². The van der Waals surface area contributed by atoms with Crippen molar-refractivity contribution in [2.45, 2.75) is 19.0 Å². The Morgan fingerprint density at radius 1 is 1.15 bits per heavy atom. The van der Waals surface area contributed by atoms with Crippen LogP contribution in [0.5, 0.6) is 0 Å². The zero-order valence-electron chi connectivity index (χ0n) is 14.1. The molecule has 0 bridgehead atoms. The molecule has 1 aromatic heterocycles. The van der Waals surface area contributed by atoms with Crippen LogP contribution in [0.2, 0.25) is 0 Å². The summed E-state index contributed by atoms with van der Waals surface area (Å²) in [5.41, 5.74) is 0.307. The van der Waals surface area contributed by atoms with Crippen LogP contribution < -0.4 is 4.90 Å². The fraction of sp³-hybridized carbons (Fsp3) is 0.444. The first kappa shape index (κ1) is 16.9. The van der Waals surface area contributed by atoms with Gasteiger partial charge in [-0.1, -0.05) is 12.1 Å². The van der Waals surface area contributed by atoms with Crippen LogP contribution in [-0.4, -0.2) is 47.0 Å². The highest BCUT2D eigenvalue weighted by Crippen LogP contribution is 2.33. The van der Waals surface area contributed by atoms with Gasteiger partial charge in [0.2, 0.25) is 11.9 Å². The van der Waals surface area contributed by atoms with E-state index in [2.05, 4.69) is 9.97 Å². The lowest BCUT2D eigenvalue weighted by Gasteiger charge is -2.34. The maximum Gasteiger partial charge on any atom is 0.416 e. The number of rotatable bonds is 3. The number of anilines is 1. The van der Waals surface area contributed by atoms with Crippen LogP contribution in [0, 0.1) is 5.92 Å². The lowest BCUT2D eigenvalue weighted by molar-refractivity contribution is -0.137. The first-order chi connectivity index (χ1) is 12.4. The molecule has 1 amide bonds. The smallest absolute Gasteiger partial charge is 0.339 e. The van der Waals surface area contributed by atoms with Gasteiger partial charge < -0.3 is 14.8 Å². The number of halogens is 3. The van der Waals surface area contributed by atoms with Gasteiger partial charge in [0.05, 0.1) is 17.5 Å². The van der Waals surface area contributed by atoms with E-state index >= 15 is 0 Å². The monoisotopic (exact) mass is 364 g/mol. The average molecular weight is 364 g/mol. The van der Waals surface area contributed by atoms with Crippen LogP contribution in [0.1, 0.15) is 18.4 Å². The number of hydrogen-bond donors (Lipinski definition) is 1. The molecule has 1 N–H and O–H groups in total. The lowest BCUT2D eigenvalue weighted by atomic mass is 10.1. The molecule has 0 radical (unpaired) electrons. The molecule has 26 heavy (non-hydrogen) atoms. The van der Waals surface area contributed by atoms with E-state index in [1.165, 1.54) is 6.07 Å². The van der Waals surface area contributed by atoms with E-state index in [-0.39, 0.29) is 11.8 Å². The number of benzene rings is 1. The van der Waals surface area contributed by atoms with Crippen LogP contribution in [0.25, 0.3) is 11.3 Å². The van der Waals surface area contributed by atoms with Crippen molar-refractivity contribution in [1.29, 1.82) is 0 Å². The number of imidazole rings is 1. The van der Waals surface area contributed by atoms with Gasteiger partial charge in [-0.15, -0.1) is 0 Å². The van der Waals surface area contributed by atoms with Crippen molar-refractivity contribution >= 4 is 11.9 Å². The maximum atomic E-state index is 12.9. The second-order valence-corrected chi connectivity index (χ2v) is 6.79. The second kappa shape index (κ2) is 6.34. The van der Waals surface area contributed by atoms with Crippen molar-refractivity contribution in [2.24, 2.45) is 5.92 Å². The highest BCUT2D eigenvalue weighted by molar-refractivity contribution is 5.81. The molecule has 1 aliphatic heterocycles. The number of carbonyl (C=O) groups excluding carboxylic acids is 1. The van der Waals surface area contributed by atoms with Gasteiger partial charge in [0.1, 0.15) is 0 Å². The molecule has 2 fully saturated rings. The molecule has 8 heteroatoms. The lowest BCUT2D eigenvalue weighted by Crippen LogP contribution is -2.49. The molecule has 5 nitrogen and oxygen atoms in total. The molecule has 2 aliphatic rings. The molecule has 1 saturated heterocycles. The molecule has 2 aromatic rings. The summed E-state index contributed by atoms with van der Waals surface area (Å²) in [6.07, 6.45) is -0.828. The molecule has 0 atom stereocenters. The molecule has 1 aromatic carbocycles. The summed E-state index contributed by atoms with van der Waals surface area (Å²) in [6.45, 7) is 2.62. The first-order valence-corrected chi connectivity index (χ1v) is 8.68. The largest absolute Gasteiger partial charge is 0.416 e. The Kier molecular flexibility index (Phi) is 4.13. The average Bonchev–Trinajstić information content (AvgIpc) is 3.37. The summed E-state index contributed by atoms with van der Waals surface area (Å²) in [5.74, 6) is 1.09. The Balaban J connectivity index is 1.45. The number of H-pyrrole nitrogens is 1. The number of carbonyl (C=O) groups is 1. The predicted octanol–water partition coefficient (Wildman–Crippen LogP) is 3.15. The number of hydrogen-bond acceptors (Lipinski definition) is 3. The predicted molar refractivity (Wildman–Crippen MR) is 90.5 cm³/mol. The number of alkyl halides is 3. The highest BCUT2D eigenvalue weighted by atomic mass is 19.4. The minimum atomic E-state index is -4.37. The normalized spacial score (nSPS) is 18.3. The molecule has 0 unspecified atom stereocenters. The number of piperazine rings is 1. The van der Waals surface area contributed by atoms with Gasteiger partial charge >= 0.3 is 6.18 Å². The van der Waals surface area contributed by atoms with Crippen LogP contribution >= 0.6 is 0 Å². The minimum absolute atomic E-state index is 0.220. The van der Waals surface area contributed by atoms with Crippen molar-refractivity contribution in [3.05, 3.63) is 36.0 Å². The minimum Gasteiger partial charge on any atom is -0.339 e. The fourth-order valence-electron chi connectivity index (χ4n) is 3.21. The topological polar surface area (TPSA) is 52.2 Å². The van der Waals surface area contributed by atoms with Crippen molar-refractivity contribution in [1.82, 2.24) is 14.9 Å². The zero-order valence-corrected chi connectivity index (χ0v) is 14.1. The summed E-state index contributed by atoms with van der Waals surface area (Å²) < 4.78 is 38.6. The summed E-state index contributed by atoms with van der Waals surface area (Å²) in [5, 5.41) is 0. The van der Waals surface area contributed by atoms with E-state index in [0.29, 0.717) is 43.4 Å². The van der Waals surface area contributed by atoms with Crippen molar-refractivity contribution < 1.29 is 18.0 Å². The Morgan fingerprint density at radius 3 is 2.54 bits per heavy atom. The SMILES string of the molecule is O=C(C1CC1)N1CCN(c2ncc(-c3cccc(C(F)(F)F)c3)[nH]2)CC1. The van der Waals surface area contributed by atoms with Crippen molar-refractivity contribution in [2.75, 3.05) is 31.1 Å². The van der Waals surface area contributed by atoms with E-state index in [1.54, 1.807) is 12.3 Å². The van der Waals surface area contributed by atoms with Crippen LogP contribution in [0.4, 0.5) is 19.1 Å². The van der Waals surface area contributed by atoms with E-state index < -0.39 is 11.7 Å². The first-order valence-electron chi connectivity index (χ1n) is 8.68. The maximum absolute atomic E-state index is 12.9.